The van der Waals surface area contributed by atoms with Crippen LogP contribution in [0.5, 0.6) is 5.75 Å². The van der Waals surface area contributed by atoms with Crippen molar-refractivity contribution in [2.75, 3.05) is 36.4 Å². The molecule has 14 heteroatoms. The molecule has 1 saturated carbocycles. The highest BCUT2D eigenvalue weighted by molar-refractivity contribution is 6.31. The van der Waals surface area contributed by atoms with E-state index in [1.807, 2.05) is 36.4 Å². The Balaban J connectivity index is 0.798. The molecule has 1 atom stereocenters. The summed E-state index contributed by atoms with van der Waals surface area (Å²) in [4.78, 5) is 66.4. The molecular weight excluding hydrogens is 710 g/mol. The van der Waals surface area contributed by atoms with Crippen molar-refractivity contribution in [3.63, 3.8) is 0 Å². The lowest BCUT2D eigenvalue weighted by atomic mass is 9.92. The number of nitrogens with one attached hydrogen (secondary N) is 4. The number of halogens is 1. The summed E-state index contributed by atoms with van der Waals surface area (Å²) in [5.41, 5.74) is 3.40. The molecule has 7 rings (SSSR count). The van der Waals surface area contributed by atoms with E-state index in [4.69, 9.17) is 21.6 Å². The molecule has 13 nitrogen and oxygen atoms in total. The molecule has 0 radical (unpaired) electrons. The third-order valence-electron chi connectivity index (χ3n) is 10.7. The highest BCUT2D eigenvalue weighted by Crippen LogP contribution is 2.32. The van der Waals surface area contributed by atoms with Crippen LogP contribution in [0.15, 0.2) is 60.7 Å². The Morgan fingerprint density at radius 3 is 2.30 bits per heavy atom. The molecule has 0 bridgehead atoms. The molecule has 1 aliphatic carbocycles. The van der Waals surface area contributed by atoms with Gasteiger partial charge >= 0.3 is 0 Å². The number of ether oxygens (including phenoxy) is 1. The SMILES string of the molecule is N#Cc1ccc(OC2CCC(NC(=O)c3ccc(NCCNC4CCN(c5ccc6c(c5)C(=O)N(C5CCC(=O)NC5=O)C6=O)CC4)cc3)CC2)cc1Cl. The number of rotatable bonds is 11. The van der Waals surface area contributed by atoms with Crippen molar-refractivity contribution < 1.29 is 28.7 Å². The van der Waals surface area contributed by atoms with Crippen LogP contribution in [-0.2, 0) is 9.59 Å². The Morgan fingerprint density at radius 2 is 1.59 bits per heavy atom. The highest BCUT2D eigenvalue weighted by Gasteiger charge is 2.44. The molecule has 0 spiro atoms. The fraction of sp³-hybridized carbons (Fsp3) is 0.400. The minimum absolute atomic E-state index is 0.0373. The number of hydrogen-bond donors (Lipinski definition) is 4. The molecule has 3 aliphatic heterocycles. The van der Waals surface area contributed by atoms with Crippen LogP contribution in [0.1, 0.15) is 88.0 Å². The number of hydrogen-bond acceptors (Lipinski definition) is 10. The van der Waals surface area contributed by atoms with E-state index in [0.717, 1.165) is 81.0 Å². The van der Waals surface area contributed by atoms with Crippen molar-refractivity contribution in [1.82, 2.24) is 20.9 Å². The Bertz CT molecular complexity index is 1980. The molecule has 5 amide bonds. The number of anilines is 2. The number of amides is 5. The van der Waals surface area contributed by atoms with Crippen molar-refractivity contribution in [1.29, 1.82) is 5.26 Å². The second-order valence-corrected chi connectivity index (χ2v) is 14.6. The maximum atomic E-state index is 13.2. The molecule has 4 N–H and O–H groups in total. The van der Waals surface area contributed by atoms with Crippen molar-refractivity contribution >= 4 is 52.5 Å². The van der Waals surface area contributed by atoms with Gasteiger partial charge in [-0.1, -0.05) is 11.6 Å². The van der Waals surface area contributed by atoms with Gasteiger partial charge in [0, 0.05) is 67.7 Å². The Hall–Kier alpha value is -5.45. The first-order chi connectivity index (χ1) is 26.2. The molecule has 4 aliphatic rings. The van der Waals surface area contributed by atoms with E-state index in [1.54, 1.807) is 30.3 Å². The lowest BCUT2D eigenvalue weighted by molar-refractivity contribution is -0.136. The van der Waals surface area contributed by atoms with Gasteiger partial charge in [0.15, 0.2) is 0 Å². The first-order valence-corrected chi connectivity index (χ1v) is 18.9. The summed E-state index contributed by atoms with van der Waals surface area (Å²) >= 11 is 6.13. The molecule has 1 unspecified atom stereocenters. The number of fused-ring (bicyclic) bond motifs is 1. The topological polar surface area (TPSA) is 173 Å². The summed E-state index contributed by atoms with van der Waals surface area (Å²) in [5, 5.41) is 21.9. The smallest absolute Gasteiger partial charge is 0.262 e. The monoisotopic (exact) mass is 751 g/mol. The Kier molecular flexibility index (Phi) is 11.1. The Morgan fingerprint density at radius 1 is 0.852 bits per heavy atom. The number of nitrogens with zero attached hydrogens (tertiary/aromatic N) is 3. The number of nitriles is 1. The fourth-order valence-corrected chi connectivity index (χ4v) is 7.88. The first-order valence-electron chi connectivity index (χ1n) is 18.5. The van der Waals surface area contributed by atoms with Crippen LogP contribution in [0, 0.1) is 11.3 Å². The van der Waals surface area contributed by atoms with Crippen molar-refractivity contribution in [2.45, 2.75) is 75.6 Å². The third-order valence-corrected chi connectivity index (χ3v) is 11.0. The second-order valence-electron chi connectivity index (χ2n) is 14.2. The third kappa shape index (κ3) is 8.20. The summed E-state index contributed by atoms with van der Waals surface area (Å²) < 4.78 is 6.07. The van der Waals surface area contributed by atoms with Crippen LogP contribution in [-0.4, -0.2) is 84.8 Å². The van der Waals surface area contributed by atoms with E-state index < -0.39 is 29.7 Å². The number of imide groups is 2. The maximum absolute atomic E-state index is 13.2. The van der Waals surface area contributed by atoms with Crippen LogP contribution in [0.3, 0.4) is 0 Å². The lowest BCUT2D eigenvalue weighted by Gasteiger charge is -2.34. The molecule has 3 aromatic carbocycles. The highest BCUT2D eigenvalue weighted by atomic mass is 35.5. The van der Waals surface area contributed by atoms with Crippen LogP contribution in [0.4, 0.5) is 11.4 Å². The number of carbonyl (C=O) groups excluding carboxylic acids is 5. The minimum atomic E-state index is -0.978. The van der Waals surface area contributed by atoms with E-state index in [9.17, 15) is 24.0 Å². The summed E-state index contributed by atoms with van der Waals surface area (Å²) in [6, 6.07) is 19.3. The van der Waals surface area contributed by atoms with Crippen LogP contribution < -0.4 is 30.9 Å². The molecule has 280 valence electrons. The molecule has 3 heterocycles. The summed E-state index contributed by atoms with van der Waals surface area (Å²) in [5.74, 6) is -1.46. The van der Waals surface area contributed by atoms with Gasteiger partial charge in [-0.2, -0.15) is 5.26 Å². The molecule has 54 heavy (non-hydrogen) atoms. The van der Waals surface area contributed by atoms with Crippen molar-refractivity contribution in [2.24, 2.45) is 0 Å². The normalized spacial score (nSPS) is 21.7. The van der Waals surface area contributed by atoms with E-state index in [0.29, 0.717) is 33.5 Å². The zero-order valence-corrected chi connectivity index (χ0v) is 30.5. The Labute approximate surface area is 318 Å². The molecule has 0 aromatic heterocycles. The van der Waals surface area contributed by atoms with E-state index in [1.165, 1.54) is 0 Å². The van der Waals surface area contributed by atoms with Gasteiger partial charge < -0.3 is 25.6 Å². The lowest BCUT2D eigenvalue weighted by Crippen LogP contribution is -2.54. The molecule has 2 saturated heterocycles. The van der Waals surface area contributed by atoms with Gasteiger partial charge in [0.05, 0.1) is 27.8 Å². The van der Waals surface area contributed by atoms with Crippen molar-refractivity contribution in [3.05, 3.63) is 87.9 Å². The summed E-state index contributed by atoms with van der Waals surface area (Å²) in [6.07, 6.45) is 5.34. The first kappa shape index (κ1) is 36.9. The van der Waals surface area contributed by atoms with Gasteiger partial charge in [0.1, 0.15) is 17.9 Å². The zero-order chi connectivity index (χ0) is 37.8. The predicted molar refractivity (Wildman–Crippen MR) is 202 cm³/mol. The molecule has 3 aromatic rings. The van der Waals surface area contributed by atoms with Gasteiger partial charge in [-0.3, -0.25) is 34.2 Å². The standard InChI is InChI=1S/C40H42ClN7O6/c41-34-22-31(9-3-25(34)23-42)54-30-10-6-28(7-11-30)45-37(50)24-1-4-26(5-2-24)43-17-18-44-27-15-19-47(20-16-27)29-8-12-32-33(21-29)40(53)48(39(32)52)35-13-14-36(49)46-38(35)51/h1-5,8-9,12,21-22,27-28,30,35,43-44H,6-7,10-11,13-20H2,(H,45,50)(H,46,49,51). The van der Waals surface area contributed by atoms with E-state index >= 15 is 0 Å². The van der Waals surface area contributed by atoms with E-state index in [2.05, 4.69) is 26.2 Å². The average molecular weight is 752 g/mol. The van der Waals surface area contributed by atoms with Gasteiger partial charge in [-0.15, -0.1) is 0 Å². The summed E-state index contributed by atoms with van der Waals surface area (Å²) in [7, 11) is 0. The predicted octanol–water partition coefficient (Wildman–Crippen LogP) is 4.40. The van der Waals surface area contributed by atoms with Crippen LogP contribution in [0.2, 0.25) is 5.02 Å². The quantitative estimate of drug-likeness (QED) is 0.163. The van der Waals surface area contributed by atoms with Crippen LogP contribution >= 0.6 is 11.6 Å². The van der Waals surface area contributed by atoms with Gasteiger partial charge in [-0.25, -0.2) is 0 Å². The average Bonchev–Trinajstić information content (AvgIpc) is 3.42. The van der Waals surface area contributed by atoms with Gasteiger partial charge in [-0.05, 0) is 99.5 Å². The zero-order valence-electron chi connectivity index (χ0n) is 29.7. The number of benzene rings is 3. The molecule has 3 fully saturated rings. The maximum Gasteiger partial charge on any atom is 0.262 e. The number of piperidine rings is 2. The van der Waals surface area contributed by atoms with E-state index in [-0.39, 0.29) is 36.5 Å². The van der Waals surface area contributed by atoms with Crippen molar-refractivity contribution in [3.8, 4) is 11.8 Å². The van der Waals surface area contributed by atoms with Gasteiger partial charge in [0.2, 0.25) is 11.8 Å². The number of carbonyl (C=O) groups is 5. The second kappa shape index (κ2) is 16.3. The molecular formula is C40H42ClN7O6. The van der Waals surface area contributed by atoms with Gasteiger partial charge in [0.25, 0.3) is 17.7 Å². The minimum Gasteiger partial charge on any atom is -0.490 e. The van der Waals surface area contributed by atoms with Crippen LogP contribution in [0.25, 0.3) is 0 Å². The largest absolute Gasteiger partial charge is 0.490 e. The fourth-order valence-electron chi connectivity index (χ4n) is 7.67. The summed E-state index contributed by atoms with van der Waals surface area (Å²) in [6.45, 7) is 3.06.